The van der Waals surface area contributed by atoms with E-state index in [1.807, 2.05) is 0 Å². The van der Waals surface area contributed by atoms with Crippen molar-refractivity contribution in [1.82, 2.24) is 15.2 Å². The van der Waals surface area contributed by atoms with E-state index in [1.54, 1.807) is 12.1 Å². The lowest BCUT2D eigenvalue weighted by atomic mass is 10.1. The number of carbonyl (C=O) groups is 3. The maximum Gasteiger partial charge on any atom is 0.338 e. The van der Waals surface area contributed by atoms with Crippen LogP contribution in [0.2, 0.25) is 4.34 Å². The number of ether oxygens (including phenoxy) is 1. The van der Waals surface area contributed by atoms with Crippen molar-refractivity contribution in [2.24, 2.45) is 0 Å². The van der Waals surface area contributed by atoms with Crippen LogP contribution in [0.4, 0.5) is 10.1 Å². The first-order valence-corrected chi connectivity index (χ1v) is 13.2. The Labute approximate surface area is 220 Å². The van der Waals surface area contributed by atoms with Gasteiger partial charge in [0, 0.05) is 48.2 Å². The second-order valence-corrected chi connectivity index (χ2v) is 11.2. The molecule has 4 rings (SSSR count). The van der Waals surface area contributed by atoms with Gasteiger partial charge in [0.05, 0.1) is 27.6 Å². The van der Waals surface area contributed by atoms with Gasteiger partial charge < -0.3 is 15.4 Å². The summed E-state index contributed by atoms with van der Waals surface area (Å²) in [6.45, 7) is 5.59. The molecule has 1 aliphatic rings. The fourth-order valence-electron chi connectivity index (χ4n) is 3.78. The molecular weight excluding hydrogens is 527 g/mol. The summed E-state index contributed by atoms with van der Waals surface area (Å²) in [5, 5.41) is 5.55. The van der Waals surface area contributed by atoms with Crippen molar-refractivity contribution in [3.8, 4) is 0 Å². The molecule has 2 amide bonds. The number of thiophene rings is 1. The van der Waals surface area contributed by atoms with Crippen LogP contribution in [0.1, 0.15) is 59.8 Å². The van der Waals surface area contributed by atoms with Crippen LogP contribution in [0.25, 0.3) is 0 Å². The summed E-state index contributed by atoms with van der Waals surface area (Å²) in [6.07, 6.45) is 0.744. The number of nitrogens with zero attached hydrogens (tertiary/aromatic N) is 2. The van der Waals surface area contributed by atoms with Gasteiger partial charge in [0.15, 0.2) is 5.01 Å². The molecule has 1 aromatic carbocycles. The number of rotatable bonds is 7. The molecule has 3 heterocycles. The molecular formula is C24H24ClFN4O4S2. The molecule has 12 heteroatoms. The van der Waals surface area contributed by atoms with E-state index in [0.717, 1.165) is 40.9 Å². The third-order valence-corrected chi connectivity index (χ3v) is 8.08. The molecule has 2 N–H and O–H groups in total. The van der Waals surface area contributed by atoms with Crippen LogP contribution in [0, 0.1) is 5.82 Å². The summed E-state index contributed by atoms with van der Waals surface area (Å²) in [5.41, 5.74) is 0.872. The minimum Gasteiger partial charge on any atom is -0.465 e. The number of anilines is 1. The minimum atomic E-state index is -0.774. The molecule has 1 aliphatic heterocycles. The highest BCUT2D eigenvalue weighted by atomic mass is 35.5. The predicted octanol–water partition coefficient (Wildman–Crippen LogP) is 4.73. The molecule has 3 aromatic rings. The van der Waals surface area contributed by atoms with Gasteiger partial charge in [0.2, 0.25) is 0 Å². The van der Waals surface area contributed by atoms with Crippen molar-refractivity contribution < 1.29 is 23.5 Å². The van der Waals surface area contributed by atoms with Gasteiger partial charge in [-0.2, -0.15) is 0 Å². The Morgan fingerprint density at radius 1 is 1.22 bits per heavy atom. The normalized spacial score (nSPS) is 13.4. The Morgan fingerprint density at radius 3 is 2.67 bits per heavy atom. The maximum absolute atomic E-state index is 15.1. The van der Waals surface area contributed by atoms with Gasteiger partial charge in [-0.05, 0) is 38.1 Å². The topological polar surface area (TPSA) is 101 Å². The number of nitrogens with one attached hydrogen (secondary N) is 2. The standard InChI is InChI=1S/C24H24ClFN4O4S2/c1-12(2)30-7-6-16-19(11-30)36-23(29-16)22(32)28-17-9-13(24(33)34-3)8-15(26)14(17)10-27-21(31)18-4-5-20(25)35-18/h4-5,8-9,12H,6-7,10-11H2,1-3H3,(H,27,31)(H,28,32). The van der Waals surface area contributed by atoms with Gasteiger partial charge in [-0.25, -0.2) is 14.2 Å². The average Bonchev–Trinajstić information content (AvgIpc) is 3.48. The van der Waals surface area contributed by atoms with Crippen LogP contribution < -0.4 is 10.6 Å². The zero-order valence-electron chi connectivity index (χ0n) is 19.8. The maximum atomic E-state index is 15.1. The Bertz CT molecular complexity index is 1320. The summed E-state index contributed by atoms with van der Waals surface area (Å²) in [6, 6.07) is 5.86. The van der Waals surface area contributed by atoms with Crippen molar-refractivity contribution in [3.05, 3.63) is 66.0 Å². The first kappa shape index (κ1) is 26.2. The van der Waals surface area contributed by atoms with Crippen molar-refractivity contribution >= 4 is 57.7 Å². The Balaban J connectivity index is 1.58. The highest BCUT2D eigenvalue weighted by Gasteiger charge is 2.25. The number of benzene rings is 1. The van der Waals surface area contributed by atoms with E-state index in [2.05, 4.69) is 34.4 Å². The molecule has 0 aliphatic carbocycles. The van der Waals surface area contributed by atoms with Crippen LogP contribution in [-0.4, -0.2) is 47.4 Å². The molecule has 0 fully saturated rings. The molecule has 0 spiro atoms. The minimum absolute atomic E-state index is 0.0132. The third kappa shape index (κ3) is 5.75. The second-order valence-electron chi connectivity index (χ2n) is 8.42. The van der Waals surface area contributed by atoms with Crippen molar-refractivity contribution in [2.45, 2.75) is 39.4 Å². The van der Waals surface area contributed by atoms with E-state index in [9.17, 15) is 14.4 Å². The number of methoxy groups -OCH3 is 1. The number of thiazole rings is 1. The van der Waals surface area contributed by atoms with Crippen molar-refractivity contribution in [1.29, 1.82) is 0 Å². The average molecular weight is 551 g/mol. The van der Waals surface area contributed by atoms with E-state index < -0.39 is 23.6 Å². The highest BCUT2D eigenvalue weighted by molar-refractivity contribution is 7.18. The molecule has 0 saturated carbocycles. The Kier molecular flexibility index (Phi) is 8.04. The van der Waals surface area contributed by atoms with E-state index in [4.69, 9.17) is 16.3 Å². The third-order valence-electron chi connectivity index (χ3n) is 5.77. The Morgan fingerprint density at radius 2 is 2.00 bits per heavy atom. The smallest absolute Gasteiger partial charge is 0.338 e. The first-order chi connectivity index (χ1) is 17.2. The molecule has 8 nitrogen and oxygen atoms in total. The summed E-state index contributed by atoms with van der Waals surface area (Å²) in [4.78, 5) is 45.8. The zero-order chi connectivity index (χ0) is 26.0. The fourth-order valence-corrected chi connectivity index (χ4v) is 5.77. The van der Waals surface area contributed by atoms with Crippen LogP contribution in [0.5, 0.6) is 0 Å². The molecule has 2 aromatic heterocycles. The number of aromatic nitrogens is 1. The zero-order valence-corrected chi connectivity index (χ0v) is 22.2. The van der Waals surface area contributed by atoms with Gasteiger partial charge in [-0.15, -0.1) is 22.7 Å². The molecule has 0 radical (unpaired) electrons. The van der Waals surface area contributed by atoms with Gasteiger partial charge in [-0.3, -0.25) is 14.5 Å². The molecule has 0 unspecified atom stereocenters. The lowest BCUT2D eigenvalue weighted by Crippen LogP contribution is -2.35. The highest BCUT2D eigenvalue weighted by Crippen LogP contribution is 2.29. The van der Waals surface area contributed by atoms with E-state index in [0.29, 0.717) is 21.8 Å². The van der Waals surface area contributed by atoms with Crippen LogP contribution in [0.3, 0.4) is 0 Å². The predicted molar refractivity (Wildman–Crippen MR) is 138 cm³/mol. The Hall–Kier alpha value is -2.86. The number of hydrogen-bond donors (Lipinski definition) is 2. The van der Waals surface area contributed by atoms with Gasteiger partial charge in [0.25, 0.3) is 11.8 Å². The van der Waals surface area contributed by atoms with E-state index in [-0.39, 0.29) is 28.4 Å². The van der Waals surface area contributed by atoms with Gasteiger partial charge in [-0.1, -0.05) is 11.6 Å². The summed E-state index contributed by atoms with van der Waals surface area (Å²) < 4.78 is 20.2. The summed E-state index contributed by atoms with van der Waals surface area (Å²) >= 11 is 8.27. The summed E-state index contributed by atoms with van der Waals surface area (Å²) in [7, 11) is 1.18. The molecule has 190 valence electrons. The lowest BCUT2D eigenvalue weighted by molar-refractivity contribution is 0.0599. The fraction of sp³-hybridized carbons (Fsp3) is 0.333. The van der Waals surface area contributed by atoms with Crippen LogP contribution in [-0.2, 0) is 24.2 Å². The number of carbonyl (C=O) groups excluding carboxylic acids is 3. The second kappa shape index (κ2) is 11.0. The molecule has 0 bridgehead atoms. The van der Waals surface area contributed by atoms with Gasteiger partial charge >= 0.3 is 5.97 Å². The number of amides is 2. The van der Waals surface area contributed by atoms with Crippen molar-refractivity contribution in [2.75, 3.05) is 19.0 Å². The largest absolute Gasteiger partial charge is 0.465 e. The number of esters is 1. The van der Waals surface area contributed by atoms with Crippen LogP contribution >= 0.6 is 34.3 Å². The monoisotopic (exact) mass is 550 g/mol. The van der Waals surface area contributed by atoms with Crippen molar-refractivity contribution in [3.63, 3.8) is 0 Å². The van der Waals surface area contributed by atoms with Gasteiger partial charge in [0.1, 0.15) is 5.82 Å². The SMILES string of the molecule is COC(=O)c1cc(F)c(CNC(=O)c2ccc(Cl)s2)c(NC(=O)c2nc3c(s2)CN(C(C)C)CC3)c1. The number of fused-ring (bicyclic) bond motifs is 1. The van der Waals surface area contributed by atoms with E-state index >= 15 is 4.39 Å². The number of halogens is 2. The first-order valence-electron chi connectivity index (χ1n) is 11.1. The summed E-state index contributed by atoms with van der Waals surface area (Å²) in [5.74, 6) is -2.50. The lowest BCUT2D eigenvalue weighted by Gasteiger charge is -2.29. The quantitative estimate of drug-likeness (QED) is 0.412. The van der Waals surface area contributed by atoms with Crippen LogP contribution in [0.15, 0.2) is 24.3 Å². The molecule has 36 heavy (non-hydrogen) atoms. The molecule has 0 saturated heterocycles. The number of hydrogen-bond acceptors (Lipinski definition) is 8. The van der Waals surface area contributed by atoms with E-state index in [1.165, 1.54) is 24.5 Å². The molecule has 0 atom stereocenters.